The van der Waals surface area contributed by atoms with Gasteiger partial charge in [0.05, 0.1) is 5.60 Å². The van der Waals surface area contributed by atoms with Crippen molar-refractivity contribution >= 4 is 5.91 Å². The van der Waals surface area contributed by atoms with Crippen molar-refractivity contribution < 1.29 is 9.53 Å². The molecule has 3 heterocycles. The predicted octanol–water partition coefficient (Wildman–Crippen LogP) is 2.64. The number of ether oxygens (including phenoxy) is 1. The Morgan fingerprint density at radius 3 is 2.85 bits per heavy atom. The van der Waals surface area contributed by atoms with Crippen LogP contribution >= 0.6 is 0 Å². The van der Waals surface area contributed by atoms with E-state index in [-0.39, 0.29) is 17.6 Å². The molecule has 2 aliphatic heterocycles. The molecule has 5 heteroatoms. The Labute approximate surface area is 154 Å². The van der Waals surface area contributed by atoms with Crippen molar-refractivity contribution in [1.82, 2.24) is 15.2 Å². The van der Waals surface area contributed by atoms with Crippen molar-refractivity contribution in [2.24, 2.45) is 0 Å². The summed E-state index contributed by atoms with van der Waals surface area (Å²) >= 11 is 0. The first-order valence-electron chi connectivity index (χ1n) is 9.34. The van der Waals surface area contributed by atoms with E-state index in [1.54, 1.807) is 0 Å². The molecule has 1 amide bonds. The molecule has 136 valence electrons. The zero-order chi connectivity index (χ0) is 17.8. The number of nitrogens with zero attached hydrogens (tertiary/aromatic N) is 2. The first kappa shape index (κ1) is 17.2. The largest absolute Gasteiger partial charge is 0.373 e. The molecule has 0 radical (unpaired) electrons. The number of hydrogen-bond donors (Lipinski definition) is 1. The number of nitrogens with one attached hydrogen (secondary N) is 1. The van der Waals surface area contributed by atoms with E-state index in [9.17, 15) is 4.79 Å². The van der Waals surface area contributed by atoms with Crippen LogP contribution in [0.1, 0.15) is 35.2 Å². The summed E-state index contributed by atoms with van der Waals surface area (Å²) in [5, 5.41) is 3.21. The Bertz CT molecular complexity index is 737. The average Bonchev–Trinajstić information content (AvgIpc) is 3.05. The van der Waals surface area contributed by atoms with E-state index >= 15 is 0 Å². The van der Waals surface area contributed by atoms with E-state index in [1.807, 2.05) is 42.7 Å². The molecule has 0 aliphatic carbocycles. The quantitative estimate of drug-likeness (QED) is 0.920. The maximum Gasteiger partial charge on any atom is 0.251 e. The van der Waals surface area contributed by atoms with Crippen molar-refractivity contribution in [2.45, 2.75) is 37.5 Å². The molecular formula is C21H25N3O2. The Balaban J connectivity index is 1.35. The second kappa shape index (κ2) is 7.56. The van der Waals surface area contributed by atoms with E-state index in [1.165, 1.54) is 5.56 Å². The van der Waals surface area contributed by atoms with Crippen LogP contribution in [0.4, 0.5) is 0 Å². The molecule has 0 bridgehead atoms. The summed E-state index contributed by atoms with van der Waals surface area (Å²) in [7, 11) is 0. The molecule has 1 N–H and O–H groups in total. The van der Waals surface area contributed by atoms with Crippen LogP contribution < -0.4 is 5.32 Å². The SMILES string of the molecule is O=C(N[C@@H]1CCO[C@]2(CCN(Cc3ccncc3)C2)C1)c1ccccc1. The van der Waals surface area contributed by atoms with E-state index in [4.69, 9.17) is 4.74 Å². The van der Waals surface area contributed by atoms with Gasteiger partial charge in [0.1, 0.15) is 0 Å². The number of amides is 1. The summed E-state index contributed by atoms with van der Waals surface area (Å²) in [5.41, 5.74) is 1.88. The fourth-order valence-electron chi connectivity index (χ4n) is 4.10. The fraction of sp³-hybridized carbons (Fsp3) is 0.429. The normalized spacial score (nSPS) is 26.1. The summed E-state index contributed by atoms with van der Waals surface area (Å²) in [4.78, 5) is 19.0. The van der Waals surface area contributed by atoms with Gasteiger partial charge in [0, 0.05) is 50.2 Å². The van der Waals surface area contributed by atoms with Crippen LogP contribution in [0.15, 0.2) is 54.9 Å². The van der Waals surface area contributed by atoms with Crippen LogP contribution in [-0.4, -0.2) is 47.1 Å². The number of rotatable bonds is 4. The molecule has 1 spiro atoms. The third-order valence-electron chi connectivity index (χ3n) is 5.42. The van der Waals surface area contributed by atoms with Crippen LogP contribution in [0.25, 0.3) is 0 Å². The molecular weight excluding hydrogens is 326 g/mol. The highest BCUT2D eigenvalue weighted by molar-refractivity contribution is 5.94. The van der Waals surface area contributed by atoms with Gasteiger partial charge in [-0.15, -0.1) is 0 Å². The summed E-state index contributed by atoms with van der Waals surface area (Å²) < 4.78 is 6.21. The lowest BCUT2D eigenvalue weighted by Crippen LogP contribution is -2.49. The highest BCUT2D eigenvalue weighted by atomic mass is 16.5. The second-order valence-electron chi connectivity index (χ2n) is 7.38. The van der Waals surface area contributed by atoms with Gasteiger partial charge in [-0.3, -0.25) is 14.7 Å². The lowest BCUT2D eigenvalue weighted by Gasteiger charge is -2.38. The maximum absolute atomic E-state index is 12.5. The van der Waals surface area contributed by atoms with Crippen LogP contribution in [0.5, 0.6) is 0 Å². The van der Waals surface area contributed by atoms with Crippen LogP contribution in [0.3, 0.4) is 0 Å². The van der Waals surface area contributed by atoms with Crippen LogP contribution in [0, 0.1) is 0 Å². The topological polar surface area (TPSA) is 54.5 Å². The Morgan fingerprint density at radius 1 is 1.23 bits per heavy atom. The molecule has 2 aliphatic rings. The van der Waals surface area contributed by atoms with Gasteiger partial charge in [-0.1, -0.05) is 18.2 Å². The third kappa shape index (κ3) is 3.94. The number of benzene rings is 1. The van der Waals surface area contributed by atoms with Gasteiger partial charge in [0.15, 0.2) is 0 Å². The van der Waals surface area contributed by atoms with Crippen LogP contribution in [-0.2, 0) is 11.3 Å². The van der Waals surface area contributed by atoms with Gasteiger partial charge in [0.25, 0.3) is 5.91 Å². The van der Waals surface area contributed by atoms with Gasteiger partial charge in [-0.25, -0.2) is 0 Å². The highest BCUT2D eigenvalue weighted by Crippen LogP contribution is 2.35. The van der Waals surface area contributed by atoms with Gasteiger partial charge < -0.3 is 10.1 Å². The molecule has 2 aromatic rings. The minimum absolute atomic E-state index is 0.0132. The number of aromatic nitrogens is 1. The van der Waals surface area contributed by atoms with Gasteiger partial charge >= 0.3 is 0 Å². The molecule has 2 atom stereocenters. The average molecular weight is 351 g/mol. The van der Waals surface area contributed by atoms with Crippen molar-refractivity contribution in [2.75, 3.05) is 19.7 Å². The first-order chi connectivity index (χ1) is 12.7. The Morgan fingerprint density at radius 2 is 2.04 bits per heavy atom. The first-order valence-corrected chi connectivity index (χ1v) is 9.34. The summed E-state index contributed by atoms with van der Waals surface area (Å²) in [6.07, 6.45) is 6.47. The molecule has 26 heavy (non-hydrogen) atoms. The number of pyridine rings is 1. The molecule has 1 aromatic carbocycles. The summed E-state index contributed by atoms with van der Waals surface area (Å²) in [5.74, 6) is 0.0132. The lowest BCUT2D eigenvalue weighted by atomic mass is 9.89. The van der Waals surface area contributed by atoms with Gasteiger partial charge in [-0.05, 0) is 49.1 Å². The molecule has 2 saturated heterocycles. The van der Waals surface area contributed by atoms with E-state index in [2.05, 4.69) is 27.3 Å². The van der Waals surface area contributed by atoms with Crippen LogP contribution in [0.2, 0.25) is 0 Å². The lowest BCUT2D eigenvalue weighted by molar-refractivity contribution is -0.0793. The number of carbonyl (C=O) groups is 1. The van der Waals surface area contributed by atoms with E-state index in [0.717, 1.165) is 44.5 Å². The highest BCUT2D eigenvalue weighted by Gasteiger charge is 2.43. The summed E-state index contributed by atoms with van der Waals surface area (Å²) in [6, 6.07) is 13.7. The van der Waals surface area contributed by atoms with E-state index < -0.39 is 0 Å². The molecule has 2 fully saturated rings. The second-order valence-corrected chi connectivity index (χ2v) is 7.38. The predicted molar refractivity (Wildman–Crippen MR) is 99.7 cm³/mol. The Hall–Kier alpha value is -2.24. The number of likely N-dealkylation sites (tertiary alicyclic amines) is 1. The van der Waals surface area contributed by atoms with Crippen molar-refractivity contribution in [1.29, 1.82) is 0 Å². The molecule has 4 rings (SSSR count). The molecule has 5 nitrogen and oxygen atoms in total. The van der Waals surface area contributed by atoms with E-state index in [0.29, 0.717) is 6.61 Å². The van der Waals surface area contributed by atoms with Crippen molar-refractivity contribution in [3.8, 4) is 0 Å². The minimum atomic E-state index is -0.125. The molecule has 0 unspecified atom stereocenters. The third-order valence-corrected chi connectivity index (χ3v) is 5.42. The number of carbonyl (C=O) groups excluding carboxylic acids is 1. The molecule has 1 aromatic heterocycles. The minimum Gasteiger partial charge on any atom is -0.373 e. The smallest absolute Gasteiger partial charge is 0.251 e. The fourth-order valence-corrected chi connectivity index (χ4v) is 4.10. The van der Waals surface area contributed by atoms with Crippen molar-refractivity contribution in [3.63, 3.8) is 0 Å². The Kier molecular flexibility index (Phi) is 5.00. The van der Waals surface area contributed by atoms with Gasteiger partial charge in [0.2, 0.25) is 0 Å². The zero-order valence-electron chi connectivity index (χ0n) is 14.9. The zero-order valence-corrected chi connectivity index (χ0v) is 14.9. The summed E-state index contributed by atoms with van der Waals surface area (Å²) in [6.45, 7) is 3.59. The van der Waals surface area contributed by atoms with Crippen molar-refractivity contribution in [3.05, 3.63) is 66.0 Å². The maximum atomic E-state index is 12.5. The monoisotopic (exact) mass is 351 g/mol. The molecule has 0 saturated carbocycles. The van der Waals surface area contributed by atoms with Gasteiger partial charge in [-0.2, -0.15) is 0 Å². The standard InChI is InChI=1S/C21H25N3O2/c25-20(18-4-2-1-3-5-18)23-19-8-13-26-21(14-19)9-12-24(16-21)15-17-6-10-22-11-7-17/h1-7,10-11,19H,8-9,12-16H2,(H,23,25)/t19-,21-/m1/s1. The number of hydrogen-bond acceptors (Lipinski definition) is 4.